The minimum Gasteiger partial charge on any atom is -0.302 e. The lowest BCUT2D eigenvalue weighted by Crippen LogP contribution is -2.32. The fraction of sp³-hybridized carbons (Fsp3) is 0.0625. The summed E-state index contributed by atoms with van der Waals surface area (Å²) >= 11 is 0. The van der Waals surface area contributed by atoms with Crippen molar-refractivity contribution in [2.45, 2.75) is 12.3 Å². The monoisotopic (exact) mass is 522 g/mol. The number of benzene rings is 3. The first-order valence-corrected chi connectivity index (χ1v) is 13.1. The number of hydrogen-bond donors (Lipinski definition) is 4. The maximum Gasteiger partial charge on any atom is 0.163 e. The highest BCUT2D eigenvalue weighted by atomic mass is 15.5. The lowest BCUT2D eigenvalue weighted by Gasteiger charge is -2.11. The molecule has 5 aromatic rings. The summed E-state index contributed by atoms with van der Waals surface area (Å²) in [5, 5.41) is 0. The van der Waals surface area contributed by atoms with Crippen LogP contribution in [0.1, 0.15) is 34.8 Å². The highest BCUT2D eigenvalue weighted by Crippen LogP contribution is 2.25. The molecule has 0 radical (unpaired) electrons. The standard InChI is InChI=1S/C32H26N8/c1-3-7-21(8-4-1)25-15-17-33-27(19-25)31-35-29(37-39-31)23-11-13-24(14-12-23)30-36-32(40-38-30)28-20-26(16-18-34-28)22-9-5-2-6-10-22/h1-20,29-30,37-38H,(H,35,39)(H,36,40). The molecule has 194 valence electrons. The highest BCUT2D eigenvalue weighted by molar-refractivity contribution is 5.99. The number of pyridine rings is 2. The predicted octanol–water partition coefficient (Wildman–Crippen LogP) is 4.92. The molecule has 0 bridgehead atoms. The molecule has 8 heteroatoms. The Hall–Kier alpha value is -5.18. The van der Waals surface area contributed by atoms with E-state index in [1.165, 1.54) is 0 Å². The van der Waals surface area contributed by atoms with Gasteiger partial charge in [-0.25, -0.2) is 20.8 Å². The van der Waals surface area contributed by atoms with Gasteiger partial charge < -0.3 is 10.9 Å². The Kier molecular flexibility index (Phi) is 6.29. The molecule has 3 aromatic carbocycles. The zero-order valence-electron chi connectivity index (χ0n) is 21.5. The summed E-state index contributed by atoms with van der Waals surface area (Å²) in [6.45, 7) is 0. The molecule has 8 nitrogen and oxygen atoms in total. The quantitative estimate of drug-likeness (QED) is 0.253. The first-order chi connectivity index (χ1) is 19.8. The van der Waals surface area contributed by atoms with Gasteiger partial charge >= 0.3 is 0 Å². The molecule has 0 fully saturated rings. The van der Waals surface area contributed by atoms with Gasteiger partial charge in [0.25, 0.3) is 0 Å². The minimum atomic E-state index is -0.218. The Bertz CT molecular complexity index is 1570. The number of amidine groups is 2. The van der Waals surface area contributed by atoms with Crippen molar-refractivity contribution in [1.82, 2.24) is 31.7 Å². The van der Waals surface area contributed by atoms with Gasteiger partial charge in [0.2, 0.25) is 0 Å². The van der Waals surface area contributed by atoms with Crippen LogP contribution in [0.2, 0.25) is 0 Å². The second-order valence-electron chi connectivity index (χ2n) is 9.56. The van der Waals surface area contributed by atoms with Gasteiger partial charge in [-0.3, -0.25) is 9.97 Å². The molecule has 0 saturated carbocycles. The van der Waals surface area contributed by atoms with Crippen molar-refractivity contribution < 1.29 is 0 Å². The van der Waals surface area contributed by atoms with Gasteiger partial charge in [0.05, 0.1) is 0 Å². The Balaban J connectivity index is 1.06. The van der Waals surface area contributed by atoms with E-state index in [9.17, 15) is 0 Å². The second kappa shape index (κ2) is 10.5. The number of aromatic nitrogens is 2. The van der Waals surface area contributed by atoms with Crippen molar-refractivity contribution >= 4 is 11.7 Å². The number of nitrogens with one attached hydrogen (secondary N) is 4. The van der Waals surface area contributed by atoms with E-state index in [0.717, 1.165) is 44.8 Å². The van der Waals surface area contributed by atoms with Gasteiger partial charge in [0.1, 0.15) is 23.7 Å². The number of hydrazine groups is 2. The molecule has 0 aliphatic carbocycles. The van der Waals surface area contributed by atoms with E-state index >= 15 is 0 Å². The fourth-order valence-corrected chi connectivity index (χ4v) is 4.84. The van der Waals surface area contributed by atoms with Crippen molar-refractivity contribution in [3.8, 4) is 22.3 Å². The summed E-state index contributed by atoms with van der Waals surface area (Å²) in [5.41, 5.74) is 21.1. The maximum atomic E-state index is 4.84. The van der Waals surface area contributed by atoms with Crippen molar-refractivity contribution in [2.75, 3.05) is 0 Å². The lowest BCUT2D eigenvalue weighted by molar-refractivity contribution is 0.566. The van der Waals surface area contributed by atoms with Crippen LogP contribution in [0.5, 0.6) is 0 Å². The number of nitrogens with zero attached hydrogens (tertiary/aromatic N) is 4. The van der Waals surface area contributed by atoms with Gasteiger partial charge in [0.15, 0.2) is 11.7 Å². The first-order valence-electron chi connectivity index (χ1n) is 13.1. The van der Waals surface area contributed by atoms with Gasteiger partial charge in [-0.05, 0) is 57.6 Å². The van der Waals surface area contributed by atoms with E-state index in [0.29, 0.717) is 11.7 Å². The zero-order valence-corrected chi connectivity index (χ0v) is 21.5. The molecular formula is C32H26N8. The van der Waals surface area contributed by atoms with E-state index in [1.54, 1.807) is 0 Å². The van der Waals surface area contributed by atoms with Gasteiger partial charge in [-0.15, -0.1) is 0 Å². The Morgan fingerprint density at radius 2 is 0.875 bits per heavy atom. The van der Waals surface area contributed by atoms with E-state index < -0.39 is 0 Å². The Morgan fingerprint density at radius 3 is 1.30 bits per heavy atom. The molecule has 2 aromatic heterocycles. The van der Waals surface area contributed by atoms with Crippen LogP contribution >= 0.6 is 0 Å². The predicted molar refractivity (Wildman–Crippen MR) is 157 cm³/mol. The van der Waals surface area contributed by atoms with E-state index in [1.807, 2.05) is 73.1 Å². The van der Waals surface area contributed by atoms with Crippen LogP contribution in [0.4, 0.5) is 0 Å². The molecule has 7 rings (SSSR count). The summed E-state index contributed by atoms with van der Waals surface area (Å²) in [6, 6.07) is 36.9. The van der Waals surface area contributed by atoms with Crippen LogP contribution in [-0.4, -0.2) is 21.6 Å². The van der Waals surface area contributed by atoms with Crippen molar-refractivity contribution in [3.05, 3.63) is 144 Å². The second-order valence-corrected chi connectivity index (χ2v) is 9.56. The maximum absolute atomic E-state index is 4.84. The van der Waals surface area contributed by atoms with Crippen LogP contribution in [0.25, 0.3) is 22.3 Å². The fourth-order valence-electron chi connectivity index (χ4n) is 4.84. The third kappa shape index (κ3) is 4.84. The van der Waals surface area contributed by atoms with Crippen molar-refractivity contribution in [2.24, 2.45) is 9.98 Å². The number of hydrogen-bond acceptors (Lipinski definition) is 8. The SMILES string of the molecule is c1ccc(-c2ccnc(C3=NC(c4ccc(C5N=C(c6cc(-c7ccccc7)ccn6)NN5)cc4)NN3)c2)cc1. The van der Waals surface area contributed by atoms with Gasteiger partial charge in [-0.1, -0.05) is 84.9 Å². The largest absolute Gasteiger partial charge is 0.302 e. The molecule has 2 unspecified atom stereocenters. The number of rotatable bonds is 6. The van der Waals surface area contributed by atoms with Crippen LogP contribution < -0.4 is 21.7 Å². The average Bonchev–Trinajstić information content (AvgIpc) is 3.74. The molecule has 4 heterocycles. The molecule has 0 amide bonds. The summed E-state index contributed by atoms with van der Waals surface area (Å²) in [5.74, 6) is 1.43. The van der Waals surface area contributed by atoms with E-state index in [2.05, 4.69) is 80.2 Å². The zero-order chi connectivity index (χ0) is 26.7. The lowest BCUT2D eigenvalue weighted by atomic mass is 10.1. The normalized spacial score (nSPS) is 18.0. The molecule has 0 spiro atoms. The molecule has 2 aliphatic heterocycles. The van der Waals surface area contributed by atoms with Crippen molar-refractivity contribution in [3.63, 3.8) is 0 Å². The summed E-state index contributed by atoms with van der Waals surface area (Å²) < 4.78 is 0. The Labute approximate surface area is 231 Å². The van der Waals surface area contributed by atoms with Crippen LogP contribution in [-0.2, 0) is 0 Å². The van der Waals surface area contributed by atoms with Crippen molar-refractivity contribution in [1.29, 1.82) is 0 Å². The Morgan fingerprint density at radius 1 is 0.450 bits per heavy atom. The molecule has 4 N–H and O–H groups in total. The topological polar surface area (TPSA) is 98.6 Å². The molecule has 0 saturated heterocycles. The summed E-state index contributed by atoms with van der Waals surface area (Å²) in [4.78, 5) is 18.7. The third-order valence-corrected chi connectivity index (χ3v) is 6.96. The van der Waals surface area contributed by atoms with E-state index in [4.69, 9.17) is 9.98 Å². The number of aliphatic imine (C=N–C) groups is 2. The summed E-state index contributed by atoms with van der Waals surface area (Å²) in [6.07, 6.45) is 3.19. The van der Waals surface area contributed by atoms with E-state index in [-0.39, 0.29) is 12.3 Å². The average molecular weight is 523 g/mol. The van der Waals surface area contributed by atoms with Gasteiger partial charge in [-0.2, -0.15) is 0 Å². The molecule has 2 atom stereocenters. The molecular weight excluding hydrogens is 496 g/mol. The highest BCUT2D eigenvalue weighted by Gasteiger charge is 2.23. The first kappa shape index (κ1) is 23.9. The smallest absolute Gasteiger partial charge is 0.163 e. The van der Waals surface area contributed by atoms with Gasteiger partial charge in [0, 0.05) is 12.4 Å². The summed E-state index contributed by atoms with van der Waals surface area (Å²) in [7, 11) is 0. The molecule has 2 aliphatic rings. The van der Waals surface area contributed by atoms with Crippen LogP contribution in [0.3, 0.4) is 0 Å². The molecule has 40 heavy (non-hydrogen) atoms. The third-order valence-electron chi connectivity index (χ3n) is 6.96. The van der Waals surface area contributed by atoms with Crippen LogP contribution in [0.15, 0.2) is 132 Å². The minimum absolute atomic E-state index is 0.218. The van der Waals surface area contributed by atoms with Crippen LogP contribution in [0, 0.1) is 0 Å².